The molecular formula is C24H21N7O. The molecule has 3 aromatic rings. The first-order chi connectivity index (χ1) is 15.7. The van der Waals surface area contributed by atoms with Crippen molar-refractivity contribution in [2.24, 2.45) is 0 Å². The fraction of sp³-hybridized carbons (Fsp3) is 0.250. The zero-order valence-corrected chi connectivity index (χ0v) is 17.6. The number of morpholine rings is 1. The van der Waals surface area contributed by atoms with Crippen LogP contribution in [-0.2, 0) is 4.74 Å². The number of nitrogens with zero attached hydrogens (tertiary/aromatic N) is 5. The summed E-state index contributed by atoms with van der Waals surface area (Å²) in [5.74, 6) is 0.429. The Balaban J connectivity index is 1.58. The van der Waals surface area contributed by atoms with Crippen molar-refractivity contribution in [3.8, 4) is 12.1 Å². The number of aromatic amines is 1. The van der Waals surface area contributed by atoms with E-state index in [0.717, 1.165) is 46.6 Å². The van der Waals surface area contributed by atoms with Crippen molar-refractivity contribution in [3.63, 3.8) is 0 Å². The van der Waals surface area contributed by atoms with Crippen LogP contribution in [0.1, 0.15) is 24.0 Å². The lowest BCUT2D eigenvalue weighted by Crippen LogP contribution is -2.36. The lowest BCUT2D eigenvalue weighted by atomic mass is 9.80. The van der Waals surface area contributed by atoms with Crippen LogP contribution in [0.2, 0.25) is 0 Å². The number of dihydropyridines is 1. The Morgan fingerprint density at radius 2 is 1.88 bits per heavy atom. The summed E-state index contributed by atoms with van der Waals surface area (Å²) < 4.78 is 5.42. The highest BCUT2D eigenvalue weighted by molar-refractivity contribution is 5.82. The van der Waals surface area contributed by atoms with Crippen LogP contribution in [0.5, 0.6) is 0 Å². The molecular weight excluding hydrogens is 402 g/mol. The van der Waals surface area contributed by atoms with Crippen molar-refractivity contribution in [2.75, 3.05) is 31.2 Å². The standard InChI is InChI=1S/C24H21N7O/c1-15-19(11-25)23(16-2-4-21-18(10-16)14-28-30-21)20(12-26)24(29-15)17-3-5-22(27-13-17)31-6-8-32-9-7-31/h2-5,10,13-14,23,29H,6-9H2,1H3,(H,28,30). The second-order valence-electron chi connectivity index (χ2n) is 7.83. The first kappa shape index (κ1) is 19.8. The third-order valence-corrected chi connectivity index (χ3v) is 5.97. The molecule has 32 heavy (non-hydrogen) atoms. The molecule has 158 valence electrons. The second kappa shape index (κ2) is 8.18. The summed E-state index contributed by atoms with van der Waals surface area (Å²) in [5, 5.41) is 31.3. The molecule has 2 aliphatic heterocycles. The third-order valence-electron chi connectivity index (χ3n) is 5.97. The molecule has 0 radical (unpaired) electrons. The summed E-state index contributed by atoms with van der Waals surface area (Å²) in [6.07, 6.45) is 3.53. The third kappa shape index (κ3) is 3.37. The van der Waals surface area contributed by atoms with Gasteiger partial charge in [0.05, 0.1) is 59.8 Å². The van der Waals surface area contributed by atoms with Gasteiger partial charge in [-0.15, -0.1) is 0 Å². The van der Waals surface area contributed by atoms with Crippen LogP contribution in [0.25, 0.3) is 16.6 Å². The van der Waals surface area contributed by atoms with E-state index in [2.05, 4.69) is 37.5 Å². The molecule has 0 amide bonds. The molecule has 0 aliphatic carbocycles. The number of nitrogens with one attached hydrogen (secondary N) is 2. The molecule has 1 saturated heterocycles. The van der Waals surface area contributed by atoms with E-state index in [1.54, 1.807) is 12.4 Å². The minimum atomic E-state index is -0.459. The summed E-state index contributed by atoms with van der Waals surface area (Å²) in [4.78, 5) is 6.82. The molecule has 4 heterocycles. The number of pyridine rings is 1. The lowest BCUT2D eigenvalue weighted by Gasteiger charge is -2.29. The maximum atomic E-state index is 10.1. The Morgan fingerprint density at radius 1 is 1.06 bits per heavy atom. The number of rotatable bonds is 3. The van der Waals surface area contributed by atoms with Gasteiger partial charge in [-0.1, -0.05) is 6.07 Å². The van der Waals surface area contributed by atoms with Gasteiger partial charge in [-0.3, -0.25) is 5.10 Å². The molecule has 2 aliphatic rings. The van der Waals surface area contributed by atoms with Crippen LogP contribution in [0.3, 0.4) is 0 Å². The normalized spacial score (nSPS) is 19.0. The highest BCUT2D eigenvalue weighted by atomic mass is 16.5. The molecule has 8 nitrogen and oxygen atoms in total. The van der Waals surface area contributed by atoms with Gasteiger partial charge >= 0.3 is 0 Å². The van der Waals surface area contributed by atoms with E-state index in [1.807, 2.05) is 37.3 Å². The van der Waals surface area contributed by atoms with Crippen LogP contribution in [0.15, 0.2) is 59.6 Å². The minimum absolute atomic E-state index is 0.459. The number of hydrogen-bond donors (Lipinski definition) is 2. The molecule has 0 saturated carbocycles. The van der Waals surface area contributed by atoms with Gasteiger partial charge in [0.15, 0.2) is 0 Å². The first-order valence-electron chi connectivity index (χ1n) is 10.4. The molecule has 0 bridgehead atoms. The number of hydrogen-bond acceptors (Lipinski definition) is 7. The van der Waals surface area contributed by atoms with Crippen LogP contribution < -0.4 is 10.2 Å². The number of nitriles is 2. The highest BCUT2D eigenvalue weighted by Crippen LogP contribution is 2.40. The van der Waals surface area contributed by atoms with Gasteiger partial charge in [0.1, 0.15) is 5.82 Å². The second-order valence-corrected chi connectivity index (χ2v) is 7.83. The van der Waals surface area contributed by atoms with E-state index >= 15 is 0 Å². The van der Waals surface area contributed by atoms with Crippen LogP contribution in [-0.4, -0.2) is 41.5 Å². The van der Waals surface area contributed by atoms with Crippen LogP contribution >= 0.6 is 0 Å². The van der Waals surface area contributed by atoms with E-state index < -0.39 is 5.92 Å². The number of ether oxygens (including phenoxy) is 1. The topological polar surface area (TPSA) is 114 Å². The van der Waals surface area contributed by atoms with Crippen molar-refractivity contribution in [1.29, 1.82) is 10.5 Å². The van der Waals surface area contributed by atoms with Gasteiger partial charge < -0.3 is 15.0 Å². The van der Waals surface area contributed by atoms with Crippen molar-refractivity contribution in [2.45, 2.75) is 12.8 Å². The zero-order valence-electron chi connectivity index (χ0n) is 17.6. The summed E-state index contributed by atoms with van der Waals surface area (Å²) >= 11 is 0. The Morgan fingerprint density at radius 3 is 2.59 bits per heavy atom. The summed E-state index contributed by atoms with van der Waals surface area (Å²) in [5.41, 5.74) is 5.04. The largest absolute Gasteiger partial charge is 0.378 e. The monoisotopic (exact) mass is 423 g/mol. The van der Waals surface area contributed by atoms with Crippen molar-refractivity contribution < 1.29 is 4.74 Å². The van der Waals surface area contributed by atoms with Crippen LogP contribution in [0, 0.1) is 22.7 Å². The maximum absolute atomic E-state index is 10.1. The first-order valence-corrected chi connectivity index (χ1v) is 10.4. The molecule has 1 fully saturated rings. The number of benzene rings is 1. The van der Waals surface area contributed by atoms with E-state index in [4.69, 9.17) is 4.74 Å². The Hall–Kier alpha value is -4.14. The fourth-order valence-electron chi connectivity index (χ4n) is 4.31. The number of H-pyrrole nitrogens is 1. The van der Waals surface area contributed by atoms with E-state index in [-0.39, 0.29) is 0 Å². The highest BCUT2D eigenvalue weighted by Gasteiger charge is 2.31. The number of aromatic nitrogens is 3. The van der Waals surface area contributed by atoms with Crippen LogP contribution in [0.4, 0.5) is 5.82 Å². The Kier molecular flexibility index (Phi) is 5.06. The average Bonchev–Trinajstić information content (AvgIpc) is 3.32. The van der Waals surface area contributed by atoms with Gasteiger partial charge in [-0.2, -0.15) is 15.6 Å². The molecule has 1 unspecified atom stereocenters. The molecule has 1 aromatic carbocycles. The SMILES string of the molecule is CC1=C(C#N)C(c2ccc3[nH]ncc3c2)C(C#N)=C(c2ccc(N3CCOCC3)nc2)N1. The molecule has 5 rings (SSSR count). The van der Waals surface area contributed by atoms with E-state index in [0.29, 0.717) is 30.1 Å². The number of fused-ring (bicyclic) bond motifs is 1. The summed E-state index contributed by atoms with van der Waals surface area (Å²) in [6, 6.07) is 14.5. The molecule has 1 atom stereocenters. The zero-order chi connectivity index (χ0) is 22.1. The predicted octanol–water partition coefficient (Wildman–Crippen LogP) is 3.21. The molecule has 0 spiro atoms. The van der Waals surface area contributed by atoms with E-state index in [1.165, 1.54) is 0 Å². The Bertz CT molecular complexity index is 1310. The van der Waals surface area contributed by atoms with Crippen molar-refractivity contribution in [1.82, 2.24) is 20.5 Å². The Labute approximate surface area is 185 Å². The van der Waals surface area contributed by atoms with Gasteiger partial charge in [0.25, 0.3) is 0 Å². The van der Waals surface area contributed by atoms with Crippen molar-refractivity contribution in [3.05, 3.63) is 70.7 Å². The van der Waals surface area contributed by atoms with Gasteiger partial charge in [-0.25, -0.2) is 4.98 Å². The molecule has 2 N–H and O–H groups in total. The lowest BCUT2D eigenvalue weighted by molar-refractivity contribution is 0.122. The fourth-order valence-corrected chi connectivity index (χ4v) is 4.31. The van der Waals surface area contributed by atoms with Gasteiger partial charge in [-0.05, 0) is 36.8 Å². The summed E-state index contributed by atoms with van der Waals surface area (Å²) in [7, 11) is 0. The maximum Gasteiger partial charge on any atom is 0.128 e. The smallest absolute Gasteiger partial charge is 0.128 e. The molecule has 8 heteroatoms. The average molecular weight is 423 g/mol. The molecule has 2 aromatic heterocycles. The minimum Gasteiger partial charge on any atom is -0.378 e. The number of anilines is 1. The quantitative estimate of drug-likeness (QED) is 0.665. The number of allylic oxidation sites excluding steroid dienone is 3. The van der Waals surface area contributed by atoms with Gasteiger partial charge in [0.2, 0.25) is 0 Å². The van der Waals surface area contributed by atoms with Gasteiger partial charge in [0, 0.05) is 35.9 Å². The summed E-state index contributed by atoms with van der Waals surface area (Å²) in [6.45, 7) is 4.87. The van der Waals surface area contributed by atoms with Crippen molar-refractivity contribution >= 4 is 22.4 Å². The van der Waals surface area contributed by atoms with E-state index in [9.17, 15) is 10.5 Å². The predicted molar refractivity (Wildman–Crippen MR) is 120 cm³/mol.